The van der Waals surface area contributed by atoms with Crippen LogP contribution in [0.2, 0.25) is 5.02 Å². The van der Waals surface area contributed by atoms with Crippen molar-refractivity contribution in [1.29, 1.82) is 0 Å². The van der Waals surface area contributed by atoms with Crippen LogP contribution in [0.3, 0.4) is 0 Å². The number of hydrogen-bond donors (Lipinski definition) is 1. The molecule has 0 atom stereocenters. The fourth-order valence-electron chi connectivity index (χ4n) is 3.10. The van der Waals surface area contributed by atoms with Gasteiger partial charge in [0.25, 0.3) is 0 Å². The Bertz CT molecular complexity index is 1050. The summed E-state index contributed by atoms with van der Waals surface area (Å²) >= 11 is 6.41. The highest BCUT2D eigenvalue weighted by Gasteiger charge is 2.16. The molecular weight excluding hydrogens is 311 g/mol. The van der Waals surface area contributed by atoms with E-state index in [1.165, 1.54) is 6.07 Å². The minimum atomic E-state index is -0.326. The Morgan fingerprint density at radius 2 is 1.39 bits per heavy atom. The van der Waals surface area contributed by atoms with Gasteiger partial charge in [-0.05, 0) is 34.5 Å². The molecule has 0 unspecified atom stereocenters. The summed E-state index contributed by atoms with van der Waals surface area (Å²) in [5.41, 5.74) is 1.33. The van der Waals surface area contributed by atoms with Gasteiger partial charge in [-0.25, -0.2) is 4.39 Å². The van der Waals surface area contributed by atoms with Gasteiger partial charge in [-0.15, -0.1) is 0 Å². The number of rotatable bonds is 1. The van der Waals surface area contributed by atoms with Crippen molar-refractivity contribution in [2.45, 2.75) is 0 Å². The first-order valence-electron chi connectivity index (χ1n) is 7.24. The fraction of sp³-hybridized carbons (Fsp3) is 0. The van der Waals surface area contributed by atoms with Gasteiger partial charge in [0, 0.05) is 21.4 Å². The van der Waals surface area contributed by atoms with Crippen molar-refractivity contribution in [3.05, 3.63) is 77.6 Å². The van der Waals surface area contributed by atoms with E-state index in [2.05, 4.69) is 0 Å². The first kappa shape index (κ1) is 14.0. The second-order valence-corrected chi connectivity index (χ2v) is 5.85. The molecular formula is C20H12ClFO. The largest absolute Gasteiger partial charge is 0.507 e. The maximum atomic E-state index is 14.5. The zero-order chi connectivity index (χ0) is 16.0. The third kappa shape index (κ3) is 2.14. The predicted octanol–water partition coefficient (Wildman–Crippen LogP) is 6.16. The average Bonchev–Trinajstić information content (AvgIpc) is 2.55. The van der Waals surface area contributed by atoms with E-state index < -0.39 is 0 Å². The van der Waals surface area contributed by atoms with Crippen LogP contribution in [0.1, 0.15) is 0 Å². The average molecular weight is 323 g/mol. The van der Waals surface area contributed by atoms with Gasteiger partial charge in [0.05, 0.1) is 0 Å². The molecule has 0 amide bonds. The van der Waals surface area contributed by atoms with Crippen molar-refractivity contribution >= 4 is 33.1 Å². The lowest BCUT2D eigenvalue weighted by atomic mass is 9.93. The third-order valence-corrected chi connectivity index (χ3v) is 4.41. The molecule has 23 heavy (non-hydrogen) atoms. The second-order valence-electron chi connectivity index (χ2n) is 5.44. The van der Waals surface area contributed by atoms with Crippen LogP contribution in [0.15, 0.2) is 66.7 Å². The van der Waals surface area contributed by atoms with Gasteiger partial charge in [-0.1, -0.05) is 60.1 Å². The van der Waals surface area contributed by atoms with Crippen LogP contribution >= 0.6 is 11.6 Å². The fourth-order valence-corrected chi connectivity index (χ4v) is 3.36. The molecule has 0 saturated carbocycles. The van der Waals surface area contributed by atoms with Crippen molar-refractivity contribution in [1.82, 2.24) is 0 Å². The number of benzene rings is 4. The standard InChI is InChI=1S/C20H12ClFO/c21-15-11-10-13-5-2-8-16(22)19(13)20(15)14-7-1-4-12-6-3-9-17(23)18(12)14/h1-11,23H. The second kappa shape index (κ2) is 5.25. The number of phenolic OH excluding ortho intramolecular Hbond substituents is 1. The first-order valence-corrected chi connectivity index (χ1v) is 7.62. The highest BCUT2D eigenvalue weighted by atomic mass is 35.5. The van der Waals surface area contributed by atoms with E-state index >= 15 is 0 Å². The van der Waals surface area contributed by atoms with Gasteiger partial charge in [0.1, 0.15) is 11.6 Å². The van der Waals surface area contributed by atoms with Crippen molar-refractivity contribution in [3.63, 3.8) is 0 Å². The summed E-state index contributed by atoms with van der Waals surface area (Å²) in [7, 11) is 0. The van der Waals surface area contributed by atoms with E-state index in [-0.39, 0.29) is 11.6 Å². The molecule has 3 heteroatoms. The molecule has 0 aliphatic carbocycles. The Hall–Kier alpha value is -2.58. The summed E-state index contributed by atoms with van der Waals surface area (Å²) in [6.07, 6.45) is 0. The van der Waals surface area contributed by atoms with Gasteiger partial charge in [0.15, 0.2) is 0 Å². The van der Waals surface area contributed by atoms with Crippen LogP contribution < -0.4 is 0 Å². The summed E-state index contributed by atoms with van der Waals surface area (Å²) in [5.74, 6) is -0.171. The molecule has 4 rings (SSSR count). The normalized spacial score (nSPS) is 11.2. The minimum absolute atomic E-state index is 0.155. The monoisotopic (exact) mass is 322 g/mol. The summed E-state index contributed by atoms with van der Waals surface area (Å²) in [5, 5.41) is 13.6. The molecule has 0 spiro atoms. The molecule has 0 aliphatic heterocycles. The third-order valence-electron chi connectivity index (χ3n) is 4.10. The smallest absolute Gasteiger partial charge is 0.131 e. The lowest BCUT2D eigenvalue weighted by Crippen LogP contribution is -1.89. The highest BCUT2D eigenvalue weighted by molar-refractivity contribution is 6.35. The Labute approximate surface area is 137 Å². The van der Waals surface area contributed by atoms with Crippen LogP contribution in [-0.4, -0.2) is 5.11 Å². The highest BCUT2D eigenvalue weighted by Crippen LogP contribution is 2.42. The summed E-state index contributed by atoms with van der Waals surface area (Å²) in [4.78, 5) is 0. The predicted molar refractivity (Wildman–Crippen MR) is 93.5 cm³/mol. The van der Waals surface area contributed by atoms with E-state index in [9.17, 15) is 9.50 Å². The van der Waals surface area contributed by atoms with Crippen LogP contribution in [0.4, 0.5) is 4.39 Å². The molecule has 1 nitrogen and oxygen atoms in total. The quantitative estimate of drug-likeness (QED) is 0.445. The molecule has 0 saturated heterocycles. The molecule has 0 heterocycles. The zero-order valence-electron chi connectivity index (χ0n) is 12.1. The van der Waals surface area contributed by atoms with Crippen molar-refractivity contribution in [3.8, 4) is 16.9 Å². The molecule has 4 aromatic rings. The Morgan fingerprint density at radius 3 is 2.17 bits per heavy atom. The van der Waals surface area contributed by atoms with E-state index in [4.69, 9.17) is 11.6 Å². The minimum Gasteiger partial charge on any atom is -0.507 e. The van der Waals surface area contributed by atoms with E-state index in [0.29, 0.717) is 21.4 Å². The molecule has 0 radical (unpaired) electrons. The van der Waals surface area contributed by atoms with Crippen LogP contribution in [0.5, 0.6) is 5.75 Å². The van der Waals surface area contributed by atoms with Crippen LogP contribution in [-0.2, 0) is 0 Å². The topological polar surface area (TPSA) is 20.2 Å². The number of aromatic hydroxyl groups is 1. The number of phenols is 1. The number of fused-ring (bicyclic) bond motifs is 2. The van der Waals surface area contributed by atoms with Gasteiger partial charge < -0.3 is 5.11 Å². The lowest BCUT2D eigenvalue weighted by molar-refractivity contribution is 0.482. The number of halogens is 2. The van der Waals surface area contributed by atoms with Crippen molar-refractivity contribution in [2.24, 2.45) is 0 Å². The Balaban J connectivity index is 2.22. The number of hydrogen-bond acceptors (Lipinski definition) is 1. The van der Waals surface area contributed by atoms with Gasteiger partial charge in [-0.3, -0.25) is 0 Å². The molecule has 0 aliphatic rings. The van der Waals surface area contributed by atoms with Gasteiger partial charge in [-0.2, -0.15) is 0 Å². The van der Waals surface area contributed by atoms with E-state index in [0.717, 1.165) is 16.3 Å². The molecule has 0 aromatic heterocycles. The molecule has 4 aromatic carbocycles. The van der Waals surface area contributed by atoms with Crippen LogP contribution in [0, 0.1) is 5.82 Å². The van der Waals surface area contributed by atoms with Gasteiger partial charge in [0.2, 0.25) is 0 Å². The molecule has 112 valence electrons. The maximum Gasteiger partial charge on any atom is 0.131 e. The summed E-state index contributed by atoms with van der Waals surface area (Å²) in [6.45, 7) is 0. The molecule has 1 N–H and O–H groups in total. The Morgan fingerprint density at radius 1 is 0.739 bits per heavy atom. The maximum absolute atomic E-state index is 14.5. The molecule has 0 fully saturated rings. The SMILES string of the molecule is Oc1cccc2cccc(-c3c(Cl)ccc4cccc(F)c34)c12. The first-order chi connectivity index (χ1) is 11.2. The zero-order valence-corrected chi connectivity index (χ0v) is 12.8. The van der Waals surface area contributed by atoms with Crippen LogP contribution in [0.25, 0.3) is 32.7 Å². The van der Waals surface area contributed by atoms with E-state index in [1.54, 1.807) is 30.3 Å². The summed E-state index contributed by atoms with van der Waals surface area (Å²) < 4.78 is 14.5. The van der Waals surface area contributed by atoms with Gasteiger partial charge >= 0.3 is 0 Å². The summed E-state index contributed by atoms with van der Waals surface area (Å²) in [6, 6.07) is 19.5. The van der Waals surface area contributed by atoms with Crippen molar-refractivity contribution < 1.29 is 9.50 Å². The lowest BCUT2D eigenvalue weighted by Gasteiger charge is -2.13. The molecule has 0 bridgehead atoms. The van der Waals surface area contributed by atoms with Crippen molar-refractivity contribution in [2.75, 3.05) is 0 Å². The Kier molecular flexibility index (Phi) is 3.21. The van der Waals surface area contributed by atoms with E-state index in [1.807, 2.05) is 30.3 Å².